The SMILES string of the molecule is Cc1ccc(O)c(NC(=O)c2cccc(S(=O)(=O)NCc3cccs3)c2)c1. The van der Waals surface area contributed by atoms with Gasteiger partial charge in [-0.3, -0.25) is 4.79 Å². The number of phenols is 1. The third-order valence-electron chi connectivity index (χ3n) is 3.82. The molecule has 0 spiro atoms. The highest BCUT2D eigenvalue weighted by Crippen LogP contribution is 2.24. The number of anilines is 1. The molecule has 1 amide bonds. The van der Waals surface area contributed by atoms with E-state index in [0.717, 1.165) is 10.4 Å². The smallest absolute Gasteiger partial charge is 0.255 e. The highest BCUT2D eigenvalue weighted by atomic mass is 32.2. The Morgan fingerprint density at radius 2 is 1.93 bits per heavy atom. The van der Waals surface area contributed by atoms with Crippen LogP contribution < -0.4 is 10.0 Å². The van der Waals surface area contributed by atoms with Crippen molar-refractivity contribution in [3.05, 3.63) is 76.0 Å². The normalized spacial score (nSPS) is 11.3. The van der Waals surface area contributed by atoms with Gasteiger partial charge in [0.1, 0.15) is 5.75 Å². The van der Waals surface area contributed by atoms with Crippen LogP contribution in [-0.4, -0.2) is 19.4 Å². The average Bonchev–Trinajstić information content (AvgIpc) is 3.17. The maximum Gasteiger partial charge on any atom is 0.255 e. The monoisotopic (exact) mass is 402 g/mol. The number of sulfonamides is 1. The first kappa shape index (κ1) is 19.1. The molecular weight excluding hydrogens is 384 g/mol. The minimum Gasteiger partial charge on any atom is -0.506 e. The van der Waals surface area contributed by atoms with E-state index in [0.29, 0.717) is 0 Å². The van der Waals surface area contributed by atoms with Gasteiger partial charge < -0.3 is 10.4 Å². The average molecular weight is 402 g/mol. The standard InChI is InChI=1S/C19H18N2O4S2/c1-13-7-8-18(22)17(10-13)21-19(23)14-4-2-6-16(11-14)27(24,25)20-12-15-5-3-9-26-15/h2-11,20,22H,12H2,1H3,(H,21,23). The first-order valence-corrected chi connectivity index (χ1v) is 10.4. The van der Waals surface area contributed by atoms with Crippen LogP contribution in [0.15, 0.2) is 64.9 Å². The summed E-state index contributed by atoms with van der Waals surface area (Å²) in [5.74, 6) is -0.568. The van der Waals surface area contributed by atoms with Gasteiger partial charge >= 0.3 is 0 Å². The van der Waals surface area contributed by atoms with E-state index in [2.05, 4.69) is 10.0 Å². The largest absolute Gasteiger partial charge is 0.506 e. The van der Waals surface area contributed by atoms with E-state index in [1.54, 1.807) is 12.1 Å². The second-order valence-corrected chi connectivity index (χ2v) is 8.71. The molecule has 0 fully saturated rings. The lowest BCUT2D eigenvalue weighted by atomic mass is 10.1. The quantitative estimate of drug-likeness (QED) is 0.550. The second-order valence-electron chi connectivity index (χ2n) is 5.91. The summed E-state index contributed by atoms with van der Waals surface area (Å²) >= 11 is 1.46. The summed E-state index contributed by atoms with van der Waals surface area (Å²) in [5.41, 5.74) is 1.32. The predicted octanol–water partition coefficient (Wildman–Crippen LogP) is 3.49. The van der Waals surface area contributed by atoms with Gasteiger partial charge in [0, 0.05) is 17.0 Å². The minimum absolute atomic E-state index is 0.000158. The number of carbonyl (C=O) groups excluding carboxylic acids is 1. The molecule has 0 saturated heterocycles. The fourth-order valence-electron chi connectivity index (χ4n) is 2.41. The molecule has 3 aromatic rings. The van der Waals surface area contributed by atoms with E-state index >= 15 is 0 Å². The van der Waals surface area contributed by atoms with Gasteiger partial charge in [-0.1, -0.05) is 18.2 Å². The number of rotatable bonds is 6. The third kappa shape index (κ3) is 4.73. The van der Waals surface area contributed by atoms with Gasteiger partial charge in [-0.25, -0.2) is 13.1 Å². The molecule has 140 valence electrons. The number of nitrogens with one attached hydrogen (secondary N) is 2. The van der Waals surface area contributed by atoms with E-state index in [4.69, 9.17) is 0 Å². The van der Waals surface area contributed by atoms with Crippen LogP contribution in [0.2, 0.25) is 0 Å². The molecule has 3 rings (SSSR count). The lowest BCUT2D eigenvalue weighted by Crippen LogP contribution is -2.23. The topological polar surface area (TPSA) is 95.5 Å². The molecule has 1 aromatic heterocycles. The molecule has 0 saturated carbocycles. The summed E-state index contributed by atoms with van der Waals surface area (Å²) in [6, 6.07) is 14.3. The highest BCUT2D eigenvalue weighted by molar-refractivity contribution is 7.89. The molecule has 27 heavy (non-hydrogen) atoms. The van der Waals surface area contributed by atoms with Crippen molar-refractivity contribution in [3.63, 3.8) is 0 Å². The lowest BCUT2D eigenvalue weighted by molar-refractivity contribution is 0.102. The van der Waals surface area contributed by atoms with E-state index in [-0.39, 0.29) is 28.4 Å². The number of hydrogen-bond acceptors (Lipinski definition) is 5. The molecule has 6 nitrogen and oxygen atoms in total. The molecule has 0 atom stereocenters. The van der Waals surface area contributed by atoms with Crippen molar-refractivity contribution >= 4 is 33.0 Å². The van der Waals surface area contributed by atoms with Crippen LogP contribution in [0.3, 0.4) is 0 Å². The number of hydrogen-bond donors (Lipinski definition) is 3. The minimum atomic E-state index is -3.75. The van der Waals surface area contributed by atoms with Crippen LogP contribution in [0.4, 0.5) is 5.69 Å². The van der Waals surface area contributed by atoms with Gasteiger partial charge in [0.15, 0.2) is 0 Å². The Morgan fingerprint density at radius 3 is 2.67 bits per heavy atom. The summed E-state index contributed by atoms with van der Waals surface area (Å²) in [6.45, 7) is 2.02. The maximum atomic E-state index is 12.5. The zero-order valence-electron chi connectivity index (χ0n) is 14.5. The predicted molar refractivity (Wildman–Crippen MR) is 106 cm³/mol. The number of benzene rings is 2. The van der Waals surface area contributed by atoms with Crippen LogP contribution in [0.5, 0.6) is 5.75 Å². The van der Waals surface area contributed by atoms with Crippen molar-refractivity contribution < 1.29 is 18.3 Å². The Labute approximate surface area is 161 Å². The molecule has 0 aliphatic rings. The Balaban J connectivity index is 1.78. The van der Waals surface area contributed by atoms with Gasteiger partial charge in [0.25, 0.3) is 5.91 Å². The summed E-state index contributed by atoms with van der Waals surface area (Å²) < 4.78 is 27.5. The number of aromatic hydroxyl groups is 1. The molecule has 0 aliphatic carbocycles. The summed E-state index contributed by atoms with van der Waals surface area (Å²) in [4.78, 5) is 13.4. The van der Waals surface area contributed by atoms with Crippen LogP contribution in [0.25, 0.3) is 0 Å². The van der Waals surface area contributed by atoms with Gasteiger partial charge in [0.2, 0.25) is 10.0 Å². The summed E-state index contributed by atoms with van der Waals surface area (Å²) in [5, 5.41) is 14.3. The molecular formula is C19H18N2O4S2. The first-order chi connectivity index (χ1) is 12.8. The fourth-order valence-corrected chi connectivity index (χ4v) is 4.20. The van der Waals surface area contributed by atoms with Crippen molar-refractivity contribution in [1.82, 2.24) is 4.72 Å². The van der Waals surface area contributed by atoms with Gasteiger partial charge in [-0.15, -0.1) is 11.3 Å². The number of thiophene rings is 1. The van der Waals surface area contributed by atoms with Crippen molar-refractivity contribution in [2.45, 2.75) is 18.4 Å². The Hall–Kier alpha value is -2.68. The number of aryl methyl sites for hydroxylation is 1. The zero-order valence-corrected chi connectivity index (χ0v) is 16.1. The third-order valence-corrected chi connectivity index (χ3v) is 6.10. The summed E-state index contributed by atoms with van der Waals surface area (Å²) in [7, 11) is -3.75. The van der Waals surface area contributed by atoms with Crippen molar-refractivity contribution in [2.75, 3.05) is 5.32 Å². The van der Waals surface area contributed by atoms with Crippen molar-refractivity contribution in [1.29, 1.82) is 0 Å². The fraction of sp³-hybridized carbons (Fsp3) is 0.105. The van der Waals surface area contributed by atoms with E-state index in [1.807, 2.05) is 24.4 Å². The molecule has 0 bridgehead atoms. The van der Waals surface area contributed by atoms with Gasteiger partial charge in [-0.05, 0) is 54.3 Å². The van der Waals surface area contributed by atoms with Crippen molar-refractivity contribution in [2.24, 2.45) is 0 Å². The van der Waals surface area contributed by atoms with Crippen LogP contribution in [0.1, 0.15) is 20.8 Å². The van der Waals surface area contributed by atoms with Crippen molar-refractivity contribution in [3.8, 4) is 5.75 Å². The Kier molecular flexibility index (Phi) is 5.59. The lowest BCUT2D eigenvalue weighted by Gasteiger charge is -2.10. The van der Waals surface area contributed by atoms with Gasteiger partial charge in [-0.2, -0.15) is 0 Å². The van der Waals surface area contributed by atoms with Crippen LogP contribution >= 0.6 is 11.3 Å². The van der Waals surface area contributed by atoms with E-state index in [9.17, 15) is 18.3 Å². The van der Waals surface area contributed by atoms with Crippen LogP contribution in [-0.2, 0) is 16.6 Å². The molecule has 0 radical (unpaired) electrons. The number of carbonyl (C=O) groups is 1. The molecule has 0 aliphatic heterocycles. The Bertz CT molecular complexity index is 1060. The highest BCUT2D eigenvalue weighted by Gasteiger charge is 2.17. The van der Waals surface area contributed by atoms with Gasteiger partial charge in [0.05, 0.1) is 10.6 Å². The molecule has 1 heterocycles. The molecule has 8 heteroatoms. The summed E-state index contributed by atoms with van der Waals surface area (Å²) in [6.07, 6.45) is 0. The second kappa shape index (κ2) is 7.91. The van der Waals surface area contributed by atoms with Crippen LogP contribution in [0, 0.1) is 6.92 Å². The number of phenolic OH excluding ortho intramolecular Hbond substituents is 1. The van der Waals surface area contributed by atoms with E-state index in [1.165, 1.54) is 41.7 Å². The van der Waals surface area contributed by atoms with E-state index < -0.39 is 15.9 Å². The molecule has 2 aromatic carbocycles. The first-order valence-electron chi connectivity index (χ1n) is 8.08. The number of amides is 1. The Morgan fingerprint density at radius 1 is 1.11 bits per heavy atom. The molecule has 3 N–H and O–H groups in total. The maximum absolute atomic E-state index is 12.5. The molecule has 0 unspecified atom stereocenters. The zero-order chi connectivity index (χ0) is 19.4.